The van der Waals surface area contributed by atoms with Crippen LogP contribution in [-0.2, 0) is 9.59 Å². The molecule has 0 spiro atoms. The molecule has 0 bridgehead atoms. The lowest BCUT2D eigenvalue weighted by Crippen LogP contribution is -2.49. The van der Waals surface area contributed by atoms with Gasteiger partial charge in [0.05, 0.1) is 9.40 Å². The number of nitro benzene ring substituents is 1. The van der Waals surface area contributed by atoms with Gasteiger partial charge in [0.2, 0.25) is 5.91 Å². The van der Waals surface area contributed by atoms with E-state index >= 15 is 0 Å². The van der Waals surface area contributed by atoms with E-state index in [2.05, 4.69) is 48.0 Å². The second kappa shape index (κ2) is 11.4. The Bertz CT molecular complexity index is 1020. The van der Waals surface area contributed by atoms with E-state index in [9.17, 15) is 19.7 Å². The van der Waals surface area contributed by atoms with Crippen molar-refractivity contribution < 1.29 is 19.2 Å². The van der Waals surface area contributed by atoms with E-state index in [1.165, 1.54) is 24.3 Å². The number of non-ortho nitro benzene ring substituents is 1. The quantitative estimate of drug-likeness (QED) is 0.216. The lowest BCUT2D eigenvalue weighted by molar-refractivity contribution is -0.384. The average Bonchev–Trinajstić information content (AvgIpc) is 2.70. The molecular formula is C18H14Br2N4O5S. The van der Waals surface area contributed by atoms with Crippen molar-refractivity contribution in [3.05, 3.63) is 73.2 Å². The number of hydrogen-bond acceptors (Lipinski definition) is 6. The number of hydrazine groups is 1. The highest BCUT2D eigenvalue weighted by Crippen LogP contribution is 2.28. The number of hydrogen-bond donors (Lipinski definition) is 3. The van der Waals surface area contributed by atoms with Gasteiger partial charge in [-0.25, -0.2) is 0 Å². The molecule has 0 saturated heterocycles. The van der Waals surface area contributed by atoms with E-state index in [0.717, 1.165) is 10.5 Å². The van der Waals surface area contributed by atoms with Crippen LogP contribution in [0.1, 0.15) is 5.56 Å². The normalized spacial score (nSPS) is 10.3. The zero-order chi connectivity index (χ0) is 22.1. The second-order valence-corrected chi connectivity index (χ2v) is 7.72. The molecule has 0 aliphatic rings. The van der Waals surface area contributed by atoms with Crippen molar-refractivity contribution in [3.8, 4) is 5.75 Å². The summed E-state index contributed by atoms with van der Waals surface area (Å²) in [7, 11) is 0. The van der Waals surface area contributed by atoms with Crippen molar-refractivity contribution in [2.75, 3.05) is 6.61 Å². The summed E-state index contributed by atoms with van der Waals surface area (Å²) in [5.74, 6) is -0.618. The SMILES string of the molecule is O=C(/C=C/c1cccc([N+](=O)[O-])c1)NC(=S)NNC(=O)COc1ccc(Br)cc1Br. The fourth-order valence-electron chi connectivity index (χ4n) is 2.00. The minimum atomic E-state index is -0.580. The lowest BCUT2D eigenvalue weighted by Gasteiger charge is -2.11. The highest BCUT2D eigenvalue weighted by Gasteiger charge is 2.08. The molecule has 0 atom stereocenters. The highest BCUT2D eigenvalue weighted by molar-refractivity contribution is 9.11. The first-order chi connectivity index (χ1) is 14.2. The van der Waals surface area contributed by atoms with Crippen molar-refractivity contribution in [3.63, 3.8) is 0 Å². The number of nitro groups is 1. The fourth-order valence-corrected chi connectivity index (χ4v) is 3.31. The molecule has 0 unspecified atom stereocenters. The van der Waals surface area contributed by atoms with Gasteiger partial charge in [0.25, 0.3) is 11.6 Å². The predicted octanol–water partition coefficient (Wildman–Crippen LogP) is 3.23. The van der Waals surface area contributed by atoms with Gasteiger partial charge in [-0.15, -0.1) is 0 Å². The smallest absolute Gasteiger partial charge is 0.276 e. The molecule has 0 fully saturated rings. The Labute approximate surface area is 193 Å². The number of nitrogens with zero attached hydrogens (tertiary/aromatic N) is 1. The average molecular weight is 558 g/mol. The topological polar surface area (TPSA) is 123 Å². The Morgan fingerprint density at radius 1 is 1.17 bits per heavy atom. The van der Waals surface area contributed by atoms with Gasteiger partial charge in [-0.05, 0) is 58.0 Å². The van der Waals surface area contributed by atoms with Crippen LogP contribution in [0.25, 0.3) is 6.08 Å². The van der Waals surface area contributed by atoms with Crippen LogP contribution in [0.4, 0.5) is 5.69 Å². The number of carbonyl (C=O) groups is 2. The number of benzene rings is 2. The van der Waals surface area contributed by atoms with Crippen LogP contribution < -0.4 is 20.9 Å². The molecule has 2 amide bonds. The van der Waals surface area contributed by atoms with Crippen LogP contribution in [0.15, 0.2) is 57.5 Å². The Morgan fingerprint density at radius 3 is 2.63 bits per heavy atom. The zero-order valence-corrected chi connectivity index (χ0v) is 19.0. The van der Waals surface area contributed by atoms with Gasteiger partial charge in [0.1, 0.15) is 5.75 Å². The first kappa shape index (κ1) is 23.4. The monoisotopic (exact) mass is 556 g/mol. The molecule has 12 heteroatoms. The van der Waals surface area contributed by atoms with E-state index in [-0.39, 0.29) is 17.4 Å². The molecule has 0 radical (unpaired) electrons. The molecule has 30 heavy (non-hydrogen) atoms. The molecule has 9 nitrogen and oxygen atoms in total. The molecule has 2 aromatic rings. The Morgan fingerprint density at radius 2 is 1.93 bits per heavy atom. The molecule has 3 N–H and O–H groups in total. The summed E-state index contributed by atoms with van der Waals surface area (Å²) < 4.78 is 6.90. The van der Waals surface area contributed by atoms with Crippen LogP contribution in [-0.4, -0.2) is 28.5 Å². The number of amides is 2. The third-order valence-corrected chi connectivity index (χ3v) is 4.63. The van der Waals surface area contributed by atoms with Crippen molar-refractivity contribution in [2.24, 2.45) is 0 Å². The van der Waals surface area contributed by atoms with Crippen LogP contribution in [0, 0.1) is 10.1 Å². The van der Waals surface area contributed by atoms with Crippen LogP contribution in [0.2, 0.25) is 0 Å². The van der Waals surface area contributed by atoms with Crippen LogP contribution in [0.5, 0.6) is 5.75 Å². The van der Waals surface area contributed by atoms with Gasteiger partial charge in [0, 0.05) is 22.7 Å². The van der Waals surface area contributed by atoms with E-state index in [1.54, 1.807) is 24.3 Å². The van der Waals surface area contributed by atoms with Crippen molar-refractivity contribution >= 4 is 72.8 Å². The van der Waals surface area contributed by atoms with E-state index < -0.39 is 16.7 Å². The molecule has 0 aliphatic heterocycles. The standard InChI is InChI=1S/C18H14Br2N4O5S/c19-12-5-6-15(14(20)9-12)29-10-17(26)22-23-18(30)21-16(25)7-4-11-2-1-3-13(8-11)24(27)28/h1-9H,10H2,(H,22,26)(H2,21,23,25,30)/b7-4+. The summed E-state index contributed by atoms with van der Waals surface area (Å²) in [6, 6.07) is 11.0. The summed E-state index contributed by atoms with van der Waals surface area (Å²) in [4.78, 5) is 33.9. The maximum absolute atomic E-state index is 11.9. The number of halogens is 2. The minimum Gasteiger partial charge on any atom is -0.483 e. The summed E-state index contributed by atoms with van der Waals surface area (Å²) in [6.07, 6.45) is 2.55. The molecule has 0 saturated carbocycles. The van der Waals surface area contributed by atoms with Gasteiger partial charge in [0.15, 0.2) is 11.7 Å². The maximum Gasteiger partial charge on any atom is 0.276 e. The highest BCUT2D eigenvalue weighted by atomic mass is 79.9. The first-order valence-corrected chi connectivity index (χ1v) is 10.1. The summed E-state index contributed by atoms with van der Waals surface area (Å²) in [5.41, 5.74) is 5.05. The van der Waals surface area contributed by atoms with Gasteiger partial charge >= 0.3 is 0 Å². The number of ether oxygens (including phenoxy) is 1. The number of carbonyl (C=O) groups excluding carboxylic acids is 2. The van der Waals surface area contributed by atoms with Gasteiger partial charge < -0.3 is 4.74 Å². The Kier molecular flexibility index (Phi) is 8.89. The lowest BCUT2D eigenvalue weighted by atomic mass is 10.2. The molecule has 2 aromatic carbocycles. The second-order valence-electron chi connectivity index (χ2n) is 5.54. The predicted molar refractivity (Wildman–Crippen MR) is 121 cm³/mol. The molecule has 0 aliphatic carbocycles. The van der Waals surface area contributed by atoms with Gasteiger partial charge in [-0.1, -0.05) is 28.1 Å². The first-order valence-electron chi connectivity index (χ1n) is 8.15. The maximum atomic E-state index is 11.9. The van der Waals surface area contributed by atoms with Crippen molar-refractivity contribution in [2.45, 2.75) is 0 Å². The van der Waals surface area contributed by atoms with Crippen LogP contribution in [0.3, 0.4) is 0 Å². The number of nitrogens with one attached hydrogen (secondary N) is 3. The molecule has 0 aromatic heterocycles. The molecule has 156 valence electrons. The summed E-state index contributed by atoms with van der Waals surface area (Å²) in [5, 5.41) is 12.9. The van der Waals surface area contributed by atoms with E-state index in [1.807, 2.05) is 0 Å². The van der Waals surface area contributed by atoms with E-state index in [4.69, 9.17) is 17.0 Å². The Balaban J connectivity index is 1.75. The summed E-state index contributed by atoms with van der Waals surface area (Å²) >= 11 is 11.5. The summed E-state index contributed by atoms with van der Waals surface area (Å²) in [6.45, 7) is -0.281. The van der Waals surface area contributed by atoms with E-state index in [0.29, 0.717) is 15.8 Å². The van der Waals surface area contributed by atoms with Gasteiger partial charge in [-0.2, -0.15) is 0 Å². The van der Waals surface area contributed by atoms with Crippen molar-refractivity contribution in [1.29, 1.82) is 0 Å². The minimum absolute atomic E-state index is 0.0881. The third kappa shape index (κ3) is 7.89. The number of thiocarbonyl (C=S) groups is 1. The van der Waals surface area contributed by atoms with Gasteiger partial charge in [-0.3, -0.25) is 35.9 Å². The Hall–Kier alpha value is -2.83. The zero-order valence-electron chi connectivity index (χ0n) is 15.1. The fraction of sp³-hybridized carbons (Fsp3) is 0.0556. The number of rotatable bonds is 6. The molecule has 0 heterocycles. The molecular weight excluding hydrogens is 544 g/mol. The van der Waals surface area contributed by atoms with Crippen LogP contribution >= 0.6 is 44.1 Å². The molecule has 2 rings (SSSR count). The largest absolute Gasteiger partial charge is 0.483 e. The van der Waals surface area contributed by atoms with Crippen molar-refractivity contribution in [1.82, 2.24) is 16.2 Å². The third-order valence-electron chi connectivity index (χ3n) is 3.31.